The van der Waals surface area contributed by atoms with Gasteiger partial charge in [0.15, 0.2) is 0 Å². The molecule has 3 N–H and O–H groups in total. The second-order valence-corrected chi connectivity index (χ2v) is 24.6. The molecule has 2 atom stereocenters. The second kappa shape index (κ2) is 69.3. The summed E-state index contributed by atoms with van der Waals surface area (Å²) in [5.41, 5.74) is 0. The molecule has 0 aromatic heterocycles. The first-order valence-corrected chi connectivity index (χ1v) is 35.9. The lowest BCUT2D eigenvalue weighted by molar-refractivity contribution is -0.143. The van der Waals surface area contributed by atoms with E-state index in [1.54, 1.807) is 0 Å². The Hall–Kier alpha value is -2.18. The number of hydrogen-bond donors (Lipinski definition) is 3. The summed E-state index contributed by atoms with van der Waals surface area (Å²) in [6, 6.07) is -0.537. The Kier molecular flexibility index (Phi) is 67.4. The molecule has 0 aliphatic heterocycles. The molecular weight excluding hydrogens is 983 g/mol. The molecule has 0 spiro atoms. The van der Waals surface area contributed by atoms with Crippen molar-refractivity contribution in [3.05, 3.63) is 48.6 Å². The van der Waals surface area contributed by atoms with Crippen molar-refractivity contribution >= 4 is 11.9 Å². The summed E-state index contributed by atoms with van der Waals surface area (Å²) in [4.78, 5) is 24.5. The highest BCUT2D eigenvalue weighted by molar-refractivity contribution is 5.76. The summed E-state index contributed by atoms with van der Waals surface area (Å²) < 4.78 is 5.48. The number of aliphatic hydroxyl groups is 2. The van der Waals surface area contributed by atoms with E-state index in [9.17, 15) is 19.8 Å². The molecule has 470 valence electrons. The first-order chi connectivity index (χ1) is 39.5. The third-order valence-electron chi connectivity index (χ3n) is 16.6. The topological polar surface area (TPSA) is 95.9 Å². The van der Waals surface area contributed by atoms with Gasteiger partial charge in [-0.25, -0.2) is 0 Å². The van der Waals surface area contributed by atoms with Gasteiger partial charge in [0.2, 0.25) is 5.91 Å². The normalized spacial score (nSPS) is 12.8. The van der Waals surface area contributed by atoms with Gasteiger partial charge in [-0.3, -0.25) is 9.59 Å². The quantitative estimate of drug-likeness (QED) is 0.0320. The van der Waals surface area contributed by atoms with E-state index in [0.717, 1.165) is 57.8 Å². The van der Waals surface area contributed by atoms with Gasteiger partial charge in [-0.1, -0.05) is 339 Å². The number of carbonyl (C=O) groups is 2. The highest BCUT2D eigenvalue weighted by Gasteiger charge is 2.20. The van der Waals surface area contributed by atoms with Crippen LogP contribution in [0.3, 0.4) is 0 Å². The predicted octanol–water partition coefficient (Wildman–Crippen LogP) is 23.3. The van der Waals surface area contributed by atoms with Crippen molar-refractivity contribution in [3.8, 4) is 0 Å². The van der Waals surface area contributed by atoms with Crippen LogP contribution in [0.25, 0.3) is 0 Å². The lowest BCUT2D eigenvalue weighted by atomic mass is 10.0. The number of unbranched alkanes of at least 4 members (excludes halogenated alkanes) is 48. The average molecular weight is 1120 g/mol. The molecule has 2 unspecified atom stereocenters. The Morgan fingerprint density at radius 3 is 0.988 bits per heavy atom. The Morgan fingerprint density at radius 2 is 0.637 bits per heavy atom. The molecular formula is C74H139NO5. The van der Waals surface area contributed by atoms with E-state index in [2.05, 4.69) is 67.8 Å². The number of aliphatic hydroxyl groups excluding tert-OH is 2. The van der Waals surface area contributed by atoms with Crippen LogP contribution < -0.4 is 5.32 Å². The van der Waals surface area contributed by atoms with Gasteiger partial charge in [0, 0.05) is 12.8 Å². The molecule has 6 heteroatoms. The minimum atomic E-state index is -0.660. The fourth-order valence-electron chi connectivity index (χ4n) is 11.1. The fraction of sp³-hybridized carbons (Fsp3) is 0.865. The van der Waals surface area contributed by atoms with Crippen LogP contribution in [-0.4, -0.2) is 47.4 Å². The van der Waals surface area contributed by atoms with Crippen molar-refractivity contribution in [2.24, 2.45) is 0 Å². The number of allylic oxidation sites excluding steroid dienone is 8. The first-order valence-electron chi connectivity index (χ1n) is 35.9. The van der Waals surface area contributed by atoms with Crippen molar-refractivity contribution in [3.63, 3.8) is 0 Å². The number of nitrogens with one attached hydrogen (secondary N) is 1. The second-order valence-electron chi connectivity index (χ2n) is 24.6. The Labute approximate surface area is 499 Å². The van der Waals surface area contributed by atoms with Gasteiger partial charge in [0.25, 0.3) is 0 Å². The molecule has 0 saturated heterocycles. The summed E-state index contributed by atoms with van der Waals surface area (Å²) in [5, 5.41) is 23.2. The van der Waals surface area contributed by atoms with E-state index in [-0.39, 0.29) is 18.5 Å². The van der Waals surface area contributed by atoms with Gasteiger partial charge in [-0.15, -0.1) is 0 Å². The number of carbonyl (C=O) groups excluding carboxylic acids is 2. The number of amides is 1. The maximum atomic E-state index is 12.4. The molecule has 0 aliphatic carbocycles. The Morgan fingerprint density at radius 1 is 0.350 bits per heavy atom. The smallest absolute Gasteiger partial charge is 0.305 e. The van der Waals surface area contributed by atoms with Crippen LogP contribution in [0.2, 0.25) is 0 Å². The van der Waals surface area contributed by atoms with Crippen molar-refractivity contribution in [1.29, 1.82) is 0 Å². The third kappa shape index (κ3) is 65.0. The maximum absolute atomic E-state index is 12.4. The van der Waals surface area contributed by atoms with Crippen LogP contribution in [0.5, 0.6) is 0 Å². The first kappa shape index (κ1) is 77.8. The Balaban J connectivity index is 3.33. The van der Waals surface area contributed by atoms with E-state index in [0.29, 0.717) is 25.9 Å². The maximum Gasteiger partial charge on any atom is 0.305 e. The minimum Gasteiger partial charge on any atom is -0.466 e. The van der Waals surface area contributed by atoms with Crippen LogP contribution in [0.1, 0.15) is 386 Å². The van der Waals surface area contributed by atoms with Gasteiger partial charge in [-0.05, 0) is 83.5 Å². The molecule has 0 aromatic carbocycles. The molecule has 80 heavy (non-hydrogen) atoms. The highest BCUT2D eigenvalue weighted by Crippen LogP contribution is 2.18. The number of hydrogen-bond acceptors (Lipinski definition) is 5. The van der Waals surface area contributed by atoms with Crippen LogP contribution >= 0.6 is 0 Å². The van der Waals surface area contributed by atoms with Gasteiger partial charge < -0.3 is 20.3 Å². The SMILES string of the molecule is CCCC/C=C\C/C=C\CCCCCCCC(=O)OCCCCCCCCCCCCCCCCC/C=C\C/C=C\CCCCCCCCCCCCCCCCCCCC(=O)NC(CO)C(O)CCCCCCCCCCCC. The summed E-state index contributed by atoms with van der Waals surface area (Å²) in [6.07, 6.45) is 90.5. The number of rotatable bonds is 67. The standard InChI is InChI=1S/C74H139NO5/c1-3-5-7-9-11-13-15-16-45-48-52-56-60-64-68-74(79)80-69-65-61-57-53-49-46-43-41-39-37-35-33-31-29-27-25-23-21-19-17-18-20-22-24-26-28-30-32-34-36-38-40-42-44-47-51-55-59-63-67-73(78)75-71(70-76)72(77)66-62-58-54-50-14-12-10-8-6-4-2/h9,11,15-18,21,23,71-72,76-77H,3-8,10,12-14,19-20,22,24-70H2,1-2H3,(H,75,78)/b11-9-,16-15-,18-17-,23-21-. The average Bonchev–Trinajstić information content (AvgIpc) is 3.46. The van der Waals surface area contributed by atoms with Gasteiger partial charge in [0.1, 0.15) is 0 Å². The minimum absolute atomic E-state index is 0.00557. The molecule has 0 aliphatic rings. The van der Waals surface area contributed by atoms with E-state index < -0.39 is 12.1 Å². The molecule has 0 heterocycles. The largest absolute Gasteiger partial charge is 0.466 e. The summed E-state index contributed by atoms with van der Waals surface area (Å²) in [5.74, 6) is -0.0267. The van der Waals surface area contributed by atoms with E-state index in [1.165, 1.54) is 295 Å². The van der Waals surface area contributed by atoms with Crippen molar-refractivity contribution in [1.82, 2.24) is 5.32 Å². The predicted molar refractivity (Wildman–Crippen MR) is 352 cm³/mol. The number of esters is 1. The molecule has 0 aromatic rings. The van der Waals surface area contributed by atoms with Crippen LogP contribution in [0.15, 0.2) is 48.6 Å². The molecule has 0 saturated carbocycles. The Bertz CT molecular complexity index is 1340. The number of ether oxygens (including phenoxy) is 1. The van der Waals surface area contributed by atoms with Crippen LogP contribution in [0.4, 0.5) is 0 Å². The fourth-order valence-corrected chi connectivity index (χ4v) is 11.1. The molecule has 0 fully saturated rings. The lowest BCUT2D eigenvalue weighted by Gasteiger charge is -2.22. The highest BCUT2D eigenvalue weighted by atomic mass is 16.5. The molecule has 1 amide bonds. The van der Waals surface area contributed by atoms with Gasteiger partial charge in [0.05, 0.1) is 25.4 Å². The van der Waals surface area contributed by atoms with Crippen molar-refractivity contribution in [2.75, 3.05) is 13.2 Å². The molecule has 0 rings (SSSR count). The van der Waals surface area contributed by atoms with Crippen LogP contribution in [0, 0.1) is 0 Å². The van der Waals surface area contributed by atoms with Crippen molar-refractivity contribution < 1.29 is 24.5 Å². The molecule has 6 nitrogen and oxygen atoms in total. The zero-order valence-corrected chi connectivity index (χ0v) is 53.8. The zero-order valence-electron chi connectivity index (χ0n) is 53.8. The van der Waals surface area contributed by atoms with E-state index in [4.69, 9.17) is 4.74 Å². The summed E-state index contributed by atoms with van der Waals surface area (Å²) in [7, 11) is 0. The summed E-state index contributed by atoms with van der Waals surface area (Å²) in [6.45, 7) is 4.91. The van der Waals surface area contributed by atoms with Crippen molar-refractivity contribution in [2.45, 2.75) is 398 Å². The zero-order chi connectivity index (χ0) is 57.8. The summed E-state index contributed by atoms with van der Waals surface area (Å²) >= 11 is 0. The van der Waals surface area contributed by atoms with Gasteiger partial charge in [-0.2, -0.15) is 0 Å². The lowest BCUT2D eigenvalue weighted by Crippen LogP contribution is -2.45. The van der Waals surface area contributed by atoms with E-state index in [1.807, 2.05) is 0 Å². The van der Waals surface area contributed by atoms with Crippen LogP contribution in [-0.2, 0) is 14.3 Å². The molecule has 0 radical (unpaired) electrons. The third-order valence-corrected chi connectivity index (χ3v) is 16.6. The molecule has 0 bridgehead atoms. The van der Waals surface area contributed by atoms with E-state index >= 15 is 0 Å². The monoisotopic (exact) mass is 1120 g/mol. The van der Waals surface area contributed by atoms with Gasteiger partial charge >= 0.3 is 5.97 Å².